The molecule has 0 spiro atoms. The fraction of sp³-hybridized carbons (Fsp3) is 0.400. The highest BCUT2D eigenvalue weighted by atomic mass is 79.9. The summed E-state index contributed by atoms with van der Waals surface area (Å²) in [5.41, 5.74) is -0.688. The number of hydrogen-bond donors (Lipinski definition) is 1. The monoisotopic (exact) mass is 295 g/mol. The third kappa shape index (κ3) is 2.49. The molecule has 2 nitrogen and oxygen atoms in total. The van der Waals surface area contributed by atoms with Gasteiger partial charge in [-0.1, -0.05) is 15.9 Å². The molecule has 0 atom stereocenters. The molecule has 1 aromatic carbocycles. The average molecular weight is 296 g/mol. The maximum atomic E-state index is 12.4. The standard InChI is InChI=1S/C10H9BrF3NO/c11-9-3-6(16-7-4-15-5-7)1-2-8(9)10(12,13)14/h1-3,7,15H,4-5H2. The minimum atomic E-state index is -4.34. The van der Waals surface area contributed by atoms with Crippen LogP contribution in [0.3, 0.4) is 0 Å². The first kappa shape index (κ1) is 11.7. The summed E-state index contributed by atoms with van der Waals surface area (Å²) in [7, 11) is 0. The predicted octanol–water partition coefficient (Wildman–Crippen LogP) is 2.82. The van der Waals surface area contributed by atoms with E-state index < -0.39 is 11.7 Å². The molecular formula is C10H9BrF3NO. The highest BCUT2D eigenvalue weighted by molar-refractivity contribution is 9.10. The fourth-order valence-corrected chi connectivity index (χ4v) is 1.92. The largest absolute Gasteiger partial charge is 0.488 e. The van der Waals surface area contributed by atoms with Crippen molar-refractivity contribution in [2.45, 2.75) is 12.3 Å². The van der Waals surface area contributed by atoms with Crippen LogP contribution in [-0.2, 0) is 6.18 Å². The minimum Gasteiger partial charge on any atom is -0.488 e. The topological polar surface area (TPSA) is 21.3 Å². The van der Waals surface area contributed by atoms with Crippen LogP contribution in [0.15, 0.2) is 22.7 Å². The molecule has 0 unspecified atom stereocenters. The first-order valence-corrected chi connectivity index (χ1v) is 5.50. The number of nitrogens with one attached hydrogen (secondary N) is 1. The molecule has 0 saturated carbocycles. The summed E-state index contributed by atoms with van der Waals surface area (Å²) in [5, 5.41) is 3.01. The van der Waals surface area contributed by atoms with E-state index in [0.717, 1.165) is 19.2 Å². The van der Waals surface area contributed by atoms with Crippen LogP contribution in [-0.4, -0.2) is 19.2 Å². The van der Waals surface area contributed by atoms with Crippen LogP contribution in [0.2, 0.25) is 0 Å². The van der Waals surface area contributed by atoms with E-state index in [1.54, 1.807) is 0 Å². The Morgan fingerprint density at radius 1 is 1.31 bits per heavy atom. The second kappa shape index (κ2) is 4.25. The quantitative estimate of drug-likeness (QED) is 0.906. The number of rotatable bonds is 2. The summed E-state index contributed by atoms with van der Waals surface area (Å²) >= 11 is 2.90. The van der Waals surface area contributed by atoms with Crippen LogP contribution in [0.5, 0.6) is 5.75 Å². The maximum absolute atomic E-state index is 12.4. The van der Waals surface area contributed by atoms with Gasteiger partial charge in [0.2, 0.25) is 0 Å². The van der Waals surface area contributed by atoms with Crippen LogP contribution in [0.4, 0.5) is 13.2 Å². The summed E-state index contributed by atoms with van der Waals surface area (Å²) < 4.78 is 42.8. The Morgan fingerprint density at radius 3 is 2.44 bits per heavy atom. The molecule has 1 heterocycles. The van der Waals surface area contributed by atoms with Gasteiger partial charge in [0.1, 0.15) is 11.9 Å². The summed E-state index contributed by atoms with van der Waals surface area (Å²) in [6.07, 6.45) is -4.28. The lowest BCUT2D eigenvalue weighted by molar-refractivity contribution is -0.138. The fourth-order valence-electron chi connectivity index (χ4n) is 1.34. The lowest BCUT2D eigenvalue weighted by Crippen LogP contribution is -2.50. The molecule has 2 rings (SSSR count). The molecule has 1 saturated heterocycles. The Kier molecular flexibility index (Phi) is 3.12. The number of benzene rings is 1. The Balaban J connectivity index is 2.15. The van der Waals surface area contributed by atoms with Crippen LogP contribution < -0.4 is 10.1 Å². The van der Waals surface area contributed by atoms with E-state index in [1.807, 2.05) is 0 Å². The van der Waals surface area contributed by atoms with Gasteiger partial charge in [-0.3, -0.25) is 0 Å². The van der Waals surface area contributed by atoms with E-state index in [9.17, 15) is 13.2 Å². The second-order valence-electron chi connectivity index (χ2n) is 3.54. The molecule has 0 bridgehead atoms. The van der Waals surface area contributed by atoms with Gasteiger partial charge in [0, 0.05) is 17.6 Å². The Labute approximate surface area is 98.9 Å². The van der Waals surface area contributed by atoms with Crippen molar-refractivity contribution in [1.82, 2.24) is 5.32 Å². The number of halogens is 4. The van der Waals surface area contributed by atoms with Crippen molar-refractivity contribution in [2.75, 3.05) is 13.1 Å². The zero-order valence-corrected chi connectivity index (χ0v) is 9.73. The Bertz CT molecular complexity index is 390. The highest BCUT2D eigenvalue weighted by Crippen LogP contribution is 2.36. The van der Waals surface area contributed by atoms with Gasteiger partial charge >= 0.3 is 6.18 Å². The van der Waals surface area contributed by atoms with E-state index in [4.69, 9.17) is 4.74 Å². The summed E-state index contributed by atoms with van der Waals surface area (Å²) in [6.45, 7) is 1.47. The summed E-state index contributed by atoms with van der Waals surface area (Å²) in [5.74, 6) is 0.450. The zero-order valence-electron chi connectivity index (χ0n) is 8.14. The molecule has 1 fully saturated rings. The SMILES string of the molecule is FC(F)(F)c1ccc(OC2CNC2)cc1Br. The van der Waals surface area contributed by atoms with Gasteiger partial charge in [0.15, 0.2) is 0 Å². The van der Waals surface area contributed by atoms with Crippen molar-refractivity contribution in [3.8, 4) is 5.75 Å². The molecule has 16 heavy (non-hydrogen) atoms. The molecule has 0 amide bonds. The van der Waals surface area contributed by atoms with E-state index in [0.29, 0.717) is 5.75 Å². The van der Waals surface area contributed by atoms with Gasteiger partial charge in [0.25, 0.3) is 0 Å². The average Bonchev–Trinajstić information content (AvgIpc) is 2.09. The van der Waals surface area contributed by atoms with E-state index in [2.05, 4.69) is 21.2 Å². The van der Waals surface area contributed by atoms with Crippen LogP contribution in [0.1, 0.15) is 5.56 Å². The minimum absolute atomic E-state index is 0.00443. The zero-order chi connectivity index (χ0) is 11.8. The van der Waals surface area contributed by atoms with E-state index >= 15 is 0 Å². The summed E-state index contributed by atoms with van der Waals surface area (Å²) in [4.78, 5) is 0. The van der Waals surface area contributed by atoms with Gasteiger partial charge in [-0.15, -0.1) is 0 Å². The summed E-state index contributed by atoms with van der Waals surface area (Å²) in [6, 6.07) is 3.71. The third-order valence-electron chi connectivity index (χ3n) is 2.29. The Hall–Kier alpha value is -0.750. The Morgan fingerprint density at radius 2 is 2.00 bits per heavy atom. The first-order chi connectivity index (χ1) is 7.47. The molecule has 1 aliphatic rings. The van der Waals surface area contributed by atoms with E-state index in [-0.39, 0.29) is 10.6 Å². The van der Waals surface area contributed by atoms with Crippen molar-refractivity contribution >= 4 is 15.9 Å². The molecular weight excluding hydrogens is 287 g/mol. The number of hydrogen-bond acceptors (Lipinski definition) is 2. The lowest BCUT2D eigenvalue weighted by atomic mass is 10.2. The van der Waals surface area contributed by atoms with Gasteiger partial charge < -0.3 is 10.1 Å². The van der Waals surface area contributed by atoms with Crippen molar-refractivity contribution in [1.29, 1.82) is 0 Å². The van der Waals surface area contributed by atoms with Crippen LogP contribution >= 0.6 is 15.9 Å². The molecule has 0 aromatic heterocycles. The molecule has 88 valence electrons. The van der Waals surface area contributed by atoms with Crippen LogP contribution in [0.25, 0.3) is 0 Å². The predicted molar refractivity (Wildman–Crippen MR) is 56.4 cm³/mol. The third-order valence-corrected chi connectivity index (χ3v) is 2.95. The molecule has 0 aliphatic carbocycles. The molecule has 1 aromatic rings. The van der Waals surface area contributed by atoms with Gasteiger partial charge in [-0.05, 0) is 18.2 Å². The van der Waals surface area contributed by atoms with Crippen molar-refractivity contribution < 1.29 is 17.9 Å². The van der Waals surface area contributed by atoms with Crippen molar-refractivity contribution in [3.63, 3.8) is 0 Å². The maximum Gasteiger partial charge on any atom is 0.417 e. The van der Waals surface area contributed by atoms with Crippen LogP contribution in [0, 0.1) is 0 Å². The molecule has 1 aliphatic heterocycles. The normalized spacial score (nSPS) is 17.0. The van der Waals surface area contributed by atoms with Crippen molar-refractivity contribution in [2.24, 2.45) is 0 Å². The molecule has 6 heteroatoms. The smallest absolute Gasteiger partial charge is 0.417 e. The van der Waals surface area contributed by atoms with Gasteiger partial charge in [-0.2, -0.15) is 13.2 Å². The van der Waals surface area contributed by atoms with Gasteiger partial charge in [0.05, 0.1) is 5.56 Å². The highest BCUT2D eigenvalue weighted by Gasteiger charge is 2.33. The first-order valence-electron chi connectivity index (χ1n) is 4.71. The lowest BCUT2D eigenvalue weighted by Gasteiger charge is -2.28. The van der Waals surface area contributed by atoms with Crippen molar-refractivity contribution in [3.05, 3.63) is 28.2 Å². The second-order valence-corrected chi connectivity index (χ2v) is 4.39. The van der Waals surface area contributed by atoms with Gasteiger partial charge in [-0.25, -0.2) is 0 Å². The molecule has 0 radical (unpaired) electrons. The number of ether oxygens (including phenoxy) is 1. The number of alkyl halides is 3. The molecule has 1 N–H and O–H groups in total. The van der Waals surface area contributed by atoms with E-state index in [1.165, 1.54) is 12.1 Å².